The summed E-state index contributed by atoms with van der Waals surface area (Å²) in [6.07, 6.45) is 1.84. The molecule has 0 aliphatic carbocycles. The Morgan fingerprint density at radius 1 is 1.20 bits per heavy atom. The van der Waals surface area contributed by atoms with E-state index in [-0.39, 0.29) is 17.5 Å². The van der Waals surface area contributed by atoms with Crippen molar-refractivity contribution in [2.45, 2.75) is 44.7 Å². The number of fused-ring (bicyclic) bond motifs is 1. The van der Waals surface area contributed by atoms with Gasteiger partial charge in [-0.3, -0.25) is 0 Å². The maximum absolute atomic E-state index is 12.1. The Bertz CT molecular complexity index is 727. The minimum atomic E-state index is -3.16. The lowest BCUT2D eigenvalue weighted by atomic mass is 10.2. The zero-order valence-electron chi connectivity index (χ0n) is 12.3. The zero-order chi connectivity index (χ0) is 15.1. The maximum Gasteiger partial charge on any atom is 0.156 e. The molecule has 0 aliphatic rings. The third kappa shape index (κ3) is 2.54. The average molecular weight is 295 g/mol. The van der Waals surface area contributed by atoms with Crippen LogP contribution in [-0.2, 0) is 15.6 Å². The second-order valence-electron chi connectivity index (χ2n) is 5.68. The molecule has 0 aliphatic heterocycles. The molecule has 1 heterocycles. The normalized spacial score (nSPS) is 12.7. The molecule has 5 heteroatoms. The predicted molar refractivity (Wildman–Crippen MR) is 81.7 cm³/mol. The number of rotatable bonds is 4. The van der Waals surface area contributed by atoms with Crippen LogP contribution >= 0.6 is 0 Å². The molecule has 2 aromatic rings. The van der Waals surface area contributed by atoms with Crippen LogP contribution in [0.1, 0.15) is 39.3 Å². The van der Waals surface area contributed by atoms with Gasteiger partial charge in [0, 0.05) is 17.6 Å². The Morgan fingerprint density at radius 3 is 2.40 bits per heavy atom. The van der Waals surface area contributed by atoms with Gasteiger partial charge in [-0.15, -0.1) is 0 Å². The van der Waals surface area contributed by atoms with Gasteiger partial charge >= 0.3 is 0 Å². The maximum atomic E-state index is 12.1. The smallest absolute Gasteiger partial charge is 0.156 e. The van der Waals surface area contributed by atoms with Crippen molar-refractivity contribution >= 4 is 20.7 Å². The molecule has 1 N–H and O–H groups in total. The Labute approximate surface area is 120 Å². The van der Waals surface area contributed by atoms with Crippen molar-refractivity contribution in [2.75, 3.05) is 0 Å². The van der Waals surface area contributed by atoms with Gasteiger partial charge in [0.2, 0.25) is 0 Å². The van der Waals surface area contributed by atoms with Crippen molar-refractivity contribution < 1.29 is 13.5 Å². The summed E-state index contributed by atoms with van der Waals surface area (Å²) in [5.74, 6) is 0.189. The lowest BCUT2D eigenvalue weighted by molar-refractivity contribution is 0.475. The van der Waals surface area contributed by atoms with Crippen LogP contribution in [0.3, 0.4) is 0 Å². The van der Waals surface area contributed by atoms with Crippen LogP contribution in [0, 0.1) is 0 Å². The number of nitrogens with zero attached hydrogens (tertiary/aromatic N) is 1. The van der Waals surface area contributed by atoms with Gasteiger partial charge in [0.15, 0.2) is 9.84 Å². The van der Waals surface area contributed by atoms with Crippen LogP contribution in [0.4, 0.5) is 0 Å². The molecule has 0 atom stereocenters. The van der Waals surface area contributed by atoms with E-state index in [9.17, 15) is 13.5 Å². The van der Waals surface area contributed by atoms with Crippen LogP contribution in [0.2, 0.25) is 0 Å². The van der Waals surface area contributed by atoms with Crippen molar-refractivity contribution in [2.24, 2.45) is 0 Å². The summed E-state index contributed by atoms with van der Waals surface area (Å²) in [7, 11) is -3.16. The molecule has 0 fully saturated rings. The van der Waals surface area contributed by atoms with Gasteiger partial charge in [0.25, 0.3) is 0 Å². The number of para-hydroxylation sites is 1. The summed E-state index contributed by atoms with van der Waals surface area (Å²) in [5.41, 5.74) is 1.45. The molecule has 4 nitrogen and oxygen atoms in total. The molecule has 20 heavy (non-hydrogen) atoms. The Balaban J connectivity index is 2.64. The second-order valence-corrected chi connectivity index (χ2v) is 8.24. The fraction of sp³-hybridized carbons (Fsp3) is 0.467. The number of sulfone groups is 1. The Kier molecular flexibility index (Phi) is 3.82. The molecule has 0 spiro atoms. The second kappa shape index (κ2) is 5.13. The highest BCUT2D eigenvalue weighted by molar-refractivity contribution is 7.91. The van der Waals surface area contributed by atoms with Gasteiger partial charge in [-0.2, -0.15) is 0 Å². The molecule has 0 saturated carbocycles. The largest absolute Gasteiger partial charge is 0.506 e. The SMILES string of the molecule is CC(C)n1cc(CS(=O)(=O)C(C)C)c2cccc(O)c21. The number of aromatic hydroxyl groups is 1. The van der Waals surface area contributed by atoms with Gasteiger partial charge in [0.05, 0.1) is 16.5 Å². The van der Waals surface area contributed by atoms with Crippen LogP contribution in [-0.4, -0.2) is 23.3 Å². The summed E-state index contributed by atoms with van der Waals surface area (Å²) in [6, 6.07) is 5.39. The molecular formula is C15H21NO3S. The first-order valence-electron chi connectivity index (χ1n) is 6.77. The van der Waals surface area contributed by atoms with E-state index in [4.69, 9.17) is 0 Å². The Morgan fingerprint density at radius 2 is 1.85 bits per heavy atom. The summed E-state index contributed by atoms with van der Waals surface area (Å²) in [4.78, 5) is 0. The van der Waals surface area contributed by atoms with E-state index in [0.717, 1.165) is 10.9 Å². The topological polar surface area (TPSA) is 59.3 Å². The quantitative estimate of drug-likeness (QED) is 0.942. The fourth-order valence-electron chi connectivity index (χ4n) is 2.27. The van der Waals surface area contributed by atoms with Gasteiger partial charge in [0.1, 0.15) is 5.75 Å². The van der Waals surface area contributed by atoms with Crippen molar-refractivity contribution in [1.82, 2.24) is 4.57 Å². The number of hydrogen-bond donors (Lipinski definition) is 1. The minimum Gasteiger partial charge on any atom is -0.506 e. The van der Waals surface area contributed by atoms with Crippen molar-refractivity contribution in [1.29, 1.82) is 0 Å². The summed E-state index contributed by atoms with van der Waals surface area (Å²) in [6.45, 7) is 7.39. The lowest BCUT2D eigenvalue weighted by Gasteiger charge is -2.09. The Hall–Kier alpha value is -1.49. The highest BCUT2D eigenvalue weighted by Gasteiger charge is 2.21. The van der Waals surface area contributed by atoms with E-state index < -0.39 is 15.1 Å². The van der Waals surface area contributed by atoms with E-state index in [2.05, 4.69) is 0 Å². The van der Waals surface area contributed by atoms with E-state index in [1.165, 1.54) is 0 Å². The highest BCUT2D eigenvalue weighted by Crippen LogP contribution is 2.32. The highest BCUT2D eigenvalue weighted by atomic mass is 32.2. The molecule has 0 saturated heterocycles. The van der Waals surface area contributed by atoms with Crippen molar-refractivity contribution in [3.63, 3.8) is 0 Å². The van der Waals surface area contributed by atoms with Crippen LogP contribution < -0.4 is 0 Å². The van der Waals surface area contributed by atoms with Crippen LogP contribution in [0.5, 0.6) is 5.75 Å². The van der Waals surface area contributed by atoms with Gasteiger partial charge in [-0.25, -0.2) is 8.42 Å². The van der Waals surface area contributed by atoms with Gasteiger partial charge in [-0.05, 0) is 39.3 Å². The fourth-order valence-corrected chi connectivity index (χ4v) is 3.27. The number of phenols is 1. The molecule has 1 aromatic carbocycles. The predicted octanol–water partition coefficient (Wildman–Crippen LogP) is 3.25. The van der Waals surface area contributed by atoms with Crippen LogP contribution in [0.15, 0.2) is 24.4 Å². The number of phenolic OH excluding ortho intramolecular Hbond substituents is 1. The van der Waals surface area contributed by atoms with E-state index >= 15 is 0 Å². The van der Waals surface area contributed by atoms with E-state index in [0.29, 0.717) is 5.52 Å². The summed E-state index contributed by atoms with van der Waals surface area (Å²) in [5, 5.41) is 10.5. The van der Waals surface area contributed by atoms with Crippen LogP contribution in [0.25, 0.3) is 10.9 Å². The average Bonchev–Trinajstić information content (AvgIpc) is 2.69. The monoisotopic (exact) mass is 295 g/mol. The molecule has 1 aromatic heterocycles. The molecule has 0 amide bonds. The number of hydrogen-bond acceptors (Lipinski definition) is 3. The third-order valence-corrected chi connectivity index (χ3v) is 5.69. The van der Waals surface area contributed by atoms with Crippen molar-refractivity contribution in [3.8, 4) is 5.75 Å². The van der Waals surface area contributed by atoms with E-state index in [1.807, 2.05) is 30.7 Å². The molecular weight excluding hydrogens is 274 g/mol. The first kappa shape index (κ1) is 14.9. The number of benzene rings is 1. The molecule has 0 bridgehead atoms. The molecule has 110 valence electrons. The summed E-state index contributed by atoms with van der Waals surface area (Å²) >= 11 is 0. The molecule has 2 rings (SSSR count). The van der Waals surface area contributed by atoms with E-state index in [1.54, 1.807) is 26.0 Å². The molecule has 0 unspecified atom stereocenters. The first-order chi connectivity index (χ1) is 9.24. The van der Waals surface area contributed by atoms with Crippen molar-refractivity contribution in [3.05, 3.63) is 30.0 Å². The standard InChI is InChI=1S/C15H21NO3S/c1-10(2)16-8-12(9-20(18,19)11(3)4)13-6-5-7-14(17)15(13)16/h5-8,10-11,17H,9H2,1-4H3. The first-order valence-corrected chi connectivity index (χ1v) is 8.48. The minimum absolute atomic E-state index is 0.00431. The number of aromatic nitrogens is 1. The zero-order valence-corrected chi connectivity index (χ0v) is 13.1. The third-order valence-electron chi connectivity index (χ3n) is 3.55. The summed E-state index contributed by atoms with van der Waals surface area (Å²) < 4.78 is 26.2. The molecule has 0 radical (unpaired) electrons. The lowest BCUT2D eigenvalue weighted by Crippen LogP contribution is -2.15. The van der Waals surface area contributed by atoms with Gasteiger partial charge < -0.3 is 9.67 Å². The van der Waals surface area contributed by atoms with Gasteiger partial charge in [-0.1, -0.05) is 12.1 Å².